The average Bonchev–Trinajstić information content (AvgIpc) is 2.29. The van der Waals surface area contributed by atoms with Gasteiger partial charge < -0.3 is 9.84 Å². The van der Waals surface area contributed by atoms with Crippen molar-refractivity contribution < 1.29 is 19.4 Å². The van der Waals surface area contributed by atoms with Crippen LogP contribution in [0.2, 0.25) is 0 Å². The summed E-state index contributed by atoms with van der Waals surface area (Å²) >= 11 is 0. The van der Waals surface area contributed by atoms with Crippen LogP contribution in [0, 0.1) is 0 Å². The van der Waals surface area contributed by atoms with Crippen LogP contribution < -0.4 is 5.32 Å². The first-order valence-electron chi connectivity index (χ1n) is 4.73. The van der Waals surface area contributed by atoms with E-state index in [2.05, 4.69) is 10.1 Å². The number of methoxy groups -OCH3 is 1. The molecule has 0 unspecified atom stereocenters. The topological polar surface area (TPSA) is 75.6 Å². The first-order valence-corrected chi connectivity index (χ1v) is 4.73. The molecule has 0 radical (unpaired) electrons. The Morgan fingerprint density at radius 1 is 1.25 bits per heavy atom. The van der Waals surface area contributed by atoms with E-state index in [9.17, 15) is 9.59 Å². The smallest absolute Gasteiger partial charge is 0.319 e. The van der Waals surface area contributed by atoms with Crippen molar-refractivity contribution in [3.63, 3.8) is 0 Å². The van der Waals surface area contributed by atoms with E-state index in [0.29, 0.717) is 5.56 Å². The summed E-state index contributed by atoms with van der Waals surface area (Å²) in [5.74, 6) is -0.457. The molecule has 5 heteroatoms. The lowest BCUT2D eigenvalue weighted by atomic mass is 10.1. The van der Waals surface area contributed by atoms with Crippen molar-refractivity contribution in [3.05, 3.63) is 29.8 Å². The van der Waals surface area contributed by atoms with Gasteiger partial charge in [-0.15, -0.1) is 0 Å². The van der Waals surface area contributed by atoms with Crippen molar-refractivity contribution in [2.24, 2.45) is 0 Å². The lowest BCUT2D eigenvalue weighted by Gasteiger charge is -2.03. The quantitative estimate of drug-likeness (QED) is 0.556. The van der Waals surface area contributed by atoms with Crippen molar-refractivity contribution in [2.45, 2.75) is 0 Å². The minimum Gasteiger partial charge on any atom is -0.508 e. The summed E-state index contributed by atoms with van der Waals surface area (Å²) in [6.07, 6.45) is 0. The number of Topliss-reactive ketones (excluding diaryl/α,β-unsaturated/α-hetero) is 1. The van der Waals surface area contributed by atoms with Crippen LogP contribution in [0.15, 0.2) is 24.3 Å². The number of carbonyl (C=O) groups is 2. The van der Waals surface area contributed by atoms with Gasteiger partial charge in [0.15, 0.2) is 5.78 Å². The molecule has 0 saturated heterocycles. The predicted molar refractivity (Wildman–Crippen MR) is 57.3 cm³/mol. The molecule has 1 aromatic rings. The maximum atomic E-state index is 11.5. The van der Waals surface area contributed by atoms with E-state index < -0.39 is 5.97 Å². The van der Waals surface area contributed by atoms with E-state index in [1.54, 1.807) is 0 Å². The molecule has 0 saturated carbocycles. The molecule has 5 nitrogen and oxygen atoms in total. The van der Waals surface area contributed by atoms with E-state index in [1.165, 1.54) is 31.4 Å². The molecule has 0 aromatic heterocycles. The fourth-order valence-corrected chi connectivity index (χ4v) is 1.10. The van der Waals surface area contributed by atoms with Gasteiger partial charge in [0.05, 0.1) is 20.2 Å². The van der Waals surface area contributed by atoms with E-state index in [0.717, 1.165) is 0 Å². The van der Waals surface area contributed by atoms with Crippen LogP contribution in [0.4, 0.5) is 0 Å². The number of ether oxygens (including phenoxy) is 1. The molecule has 0 heterocycles. The first-order chi connectivity index (χ1) is 7.63. The molecule has 16 heavy (non-hydrogen) atoms. The number of ketones is 1. The monoisotopic (exact) mass is 223 g/mol. The van der Waals surface area contributed by atoms with Gasteiger partial charge in [0.1, 0.15) is 5.75 Å². The Balaban J connectivity index is 2.41. The SMILES string of the molecule is COC(=O)CNCC(=O)c1ccc(O)cc1. The Bertz CT molecular complexity index is 372. The molecule has 0 fully saturated rings. The van der Waals surface area contributed by atoms with Gasteiger partial charge in [0.25, 0.3) is 0 Å². The summed E-state index contributed by atoms with van der Waals surface area (Å²) in [6.45, 7) is 0.0558. The van der Waals surface area contributed by atoms with E-state index in [-0.39, 0.29) is 24.6 Å². The van der Waals surface area contributed by atoms with Crippen molar-refractivity contribution in [1.82, 2.24) is 5.32 Å². The van der Waals surface area contributed by atoms with Gasteiger partial charge in [-0.1, -0.05) is 0 Å². The van der Waals surface area contributed by atoms with Gasteiger partial charge in [-0.25, -0.2) is 0 Å². The van der Waals surface area contributed by atoms with Crippen LogP contribution in [-0.2, 0) is 9.53 Å². The third kappa shape index (κ3) is 3.70. The molecule has 1 aromatic carbocycles. The van der Waals surface area contributed by atoms with Crippen LogP contribution in [0.3, 0.4) is 0 Å². The minimum atomic E-state index is -0.418. The molecule has 0 aliphatic rings. The maximum absolute atomic E-state index is 11.5. The molecule has 0 aliphatic carbocycles. The minimum absolute atomic E-state index is 0.000321. The van der Waals surface area contributed by atoms with Crippen LogP contribution >= 0.6 is 0 Å². The van der Waals surface area contributed by atoms with Crippen molar-refractivity contribution >= 4 is 11.8 Å². The molecular weight excluding hydrogens is 210 g/mol. The standard InChI is InChI=1S/C11H13NO4/c1-16-11(15)7-12-6-10(14)8-2-4-9(13)5-3-8/h2-5,12-13H,6-7H2,1H3. The largest absolute Gasteiger partial charge is 0.508 e. The molecule has 0 amide bonds. The van der Waals surface area contributed by atoms with Crippen LogP contribution in [0.5, 0.6) is 5.75 Å². The summed E-state index contributed by atoms with van der Waals surface area (Å²) in [4.78, 5) is 22.3. The summed E-state index contributed by atoms with van der Waals surface area (Å²) in [5.41, 5.74) is 0.482. The third-order valence-electron chi connectivity index (χ3n) is 1.97. The lowest BCUT2D eigenvalue weighted by molar-refractivity contribution is -0.139. The van der Waals surface area contributed by atoms with Gasteiger partial charge in [0.2, 0.25) is 0 Å². The number of rotatable bonds is 5. The zero-order valence-electron chi connectivity index (χ0n) is 8.90. The van der Waals surface area contributed by atoms with Gasteiger partial charge in [-0.05, 0) is 24.3 Å². The summed E-state index contributed by atoms with van der Waals surface area (Å²) in [6, 6.07) is 5.93. The second-order valence-corrected chi connectivity index (χ2v) is 3.15. The van der Waals surface area contributed by atoms with Crippen molar-refractivity contribution in [3.8, 4) is 5.75 Å². The molecule has 0 aliphatic heterocycles. The van der Waals surface area contributed by atoms with Gasteiger partial charge in [-0.3, -0.25) is 14.9 Å². The predicted octanol–water partition coefficient (Wildman–Crippen LogP) is 0.337. The van der Waals surface area contributed by atoms with E-state index in [1.807, 2.05) is 0 Å². The second kappa shape index (κ2) is 5.87. The number of phenols is 1. The number of benzene rings is 1. The highest BCUT2D eigenvalue weighted by molar-refractivity contribution is 5.97. The molecule has 86 valence electrons. The fraction of sp³-hybridized carbons (Fsp3) is 0.273. The zero-order valence-corrected chi connectivity index (χ0v) is 8.90. The molecule has 2 N–H and O–H groups in total. The number of carbonyl (C=O) groups excluding carboxylic acids is 2. The van der Waals surface area contributed by atoms with Gasteiger partial charge in [0, 0.05) is 5.56 Å². The van der Waals surface area contributed by atoms with E-state index in [4.69, 9.17) is 5.11 Å². The molecule has 0 atom stereocenters. The highest BCUT2D eigenvalue weighted by Crippen LogP contribution is 2.09. The Morgan fingerprint density at radius 3 is 2.44 bits per heavy atom. The van der Waals surface area contributed by atoms with Crippen LogP contribution in [-0.4, -0.2) is 37.1 Å². The summed E-state index contributed by atoms with van der Waals surface area (Å²) in [7, 11) is 1.28. The van der Waals surface area contributed by atoms with Crippen LogP contribution in [0.25, 0.3) is 0 Å². The Kier molecular flexibility index (Phi) is 4.47. The van der Waals surface area contributed by atoms with E-state index >= 15 is 0 Å². The number of esters is 1. The fourth-order valence-electron chi connectivity index (χ4n) is 1.10. The maximum Gasteiger partial charge on any atom is 0.319 e. The zero-order chi connectivity index (χ0) is 12.0. The second-order valence-electron chi connectivity index (χ2n) is 3.15. The first kappa shape index (κ1) is 12.2. The normalized spacial score (nSPS) is 9.81. The average molecular weight is 223 g/mol. The lowest BCUT2D eigenvalue weighted by Crippen LogP contribution is -2.29. The summed E-state index contributed by atoms with van der Waals surface area (Å²) < 4.78 is 4.41. The number of hydrogen-bond acceptors (Lipinski definition) is 5. The Morgan fingerprint density at radius 2 is 1.88 bits per heavy atom. The highest BCUT2D eigenvalue weighted by atomic mass is 16.5. The highest BCUT2D eigenvalue weighted by Gasteiger charge is 2.06. The van der Waals surface area contributed by atoms with Gasteiger partial charge in [-0.2, -0.15) is 0 Å². The Labute approximate surface area is 93.0 Å². The molecule has 0 spiro atoms. The van der Waals surface area contributed by atoms with Crippen molar-refractivity contribution in [1.29, 1.82) is 0 Å². The number of phenolic OH excluding ortho intramolecular Hbond substituents is 1. The van der Waals surface area contributed by atoms with Crippen molar-refractivity contribution in [2.75, 3.05) is 20.2 Å². The van der Waals surface area contributed by atoms with Gasteiger partial charge >= 0.3 is 5.97 Å². The number of aromatic hydroxyl groups is 1. The number of hydrogen-bond donors (Lipinski definition) is 2. The van der Waals surface area contributed by atoms with Crippen LogP contribution in [0.1, 0.15) is 10.4 Å². The molecule has 1 rings (SSSR count). The molecule has 0 bridgehead atoms. The Hall–Kier alpha value is -1.88. The summed E-state index contributed by atoms with van der Waals surface area (Å²) in [5, 5.41) is 11.7. The third-order valence-corrected chi connectivity index (χ3v) is 1.97. The molecular formula is C11H13NO4. The number of nitrogens with one attached hydrogen (secondary N) is 1.